The minimum Gasteiger partial charge on any atom is -0.377 e. The number of nitrogens with zero attached hydrogens (tertiary/aromatic N) is 3. The standard InChI is InChI=1S/C16H22ClN3O2/c1-12-11-22-9-8-20(12)16(21)13-4-6-19(7-5-13)15-3-2-14(17)10-18-15/h2-3,10,12-13H,4-9,11H2,1H3/t12-/m0/s1. The molecule has 1 aromatic heterocycles. The summed E-state index contributed by atoms with van der Waals surface area (Å²) in [4.78, 5) is 21.2. The molecule has 0 radical (unpaired) electrons. The second kappa shape index (κ2) is 6.84. The van der Waals surface area contributed by atoms with E-state index in [2.05, 4.69) is 16.8 Å². The van der Waals surface area contributed by atoms with E-state index in [0.29, 0.717) is 24.1 Å². The van der Waals surface area contributed by atoms with Crippen molar-refractivity contribution in [2.24, 2.45) is 5.92 Å². The average Bonchev–Trinajstić information content (AvgIpc) is 2.56. The van der Waals surface area contributed by atoms with Gasteiger partial charge in [0.25, 0.3) is 0 Å². The molecular formula is C16H22ClN3O2. The van der Waals surface area contributed by atoms with E-state index in [0.717, 1.165) is 38.3 Å². The zero-order valence-corrected chi connectivity index (χ0v) is 13.6. The van der Waals surface area contributed by atoms with Crippen LogP contribution < -0.4 is 4.90 Å². The number of pyridine rings is 1. The first-order chi connectivity index (χ1) is 10.6. The van der Waals surface area contributed by atoms with Gasteiger partial charge in [0.05, 0.1) is 24.3 Å². The Morgan fingerprint density at radius 1 is 1.32 bits per heavy atom. The van der Waals surface area contributed by atoms with E-state index in [1.807, 2.05) is 17.0 Å². The van der Waals surface area contributed by atoms with Crippen LogP contribution in [0.2, 0.25) is 5.02 Å². The maximum atomic E-state index is 12.7. The molecule has 0 bridgehead atoms. The number of anilines is 1. The molecule has 3 rings (SSSR count). The number of rotatable bonds is 2. The van der Waals surface area contributed by atoms with E-state index in [4.69, 9.17) is 16.3 Å². The maximum absolute atomic E-state index is 12.7. The lowest BCUT2D eigenvalue weighted by Crippen LogP contribution is -2.51. The number of piperidine rings is 1. The maximum Gasteiger partial charge on any atom is 0.226 e. The third-order valence-electron chi connectivity index (χ3n) is 4.53. The van der Waals surface area contributed by atoms with Crippen molar-refractivity contribution in [3.63, 3.8) is 0 Å². The van der Waals surface area contributed by atoms with Gasteiger partial charge in [-0.25, -0.2) is 4.98 Å². The van der Waals surface area contributed by atoms with Gasteiger partial charge in [0.1, 0.15) is 5.82 Å². The van der Waals surface area contributed by atoms with E-state index >= 15 is 0 Å². The molecule has 120 valence electrons. The summed E-state index contributed by atoms with van der Waals surface area (Å²) in [6.45, 7) is 5.82. The Bertz CT molecular complexity index is 515. The predicted molar refractivity (Wildman–Crippen MR) is 86.2 cm³/mol. The Labute approximate surface area is 136 Å². The molecule has 1 amide bonds. The van der Waals surface area contributed by atoms with Gasteiger partial charge in [-0.15, -0.1) is 0 Å². The molecular weight excluding hydrogens is 302 g/mol. The fourth-order valence-electron chi connectivity index (χ4n) is 3.20. The summed E-state index contributed by atoms with van der Waals surface area (Å²) < 4.78 is 5.41. The Kier molecular flexibility index (Phi) is 4.84. The lowest BCUT2D eigenvalue weighted by molar-refractivity contribution is -0.144. The van der Waals surface area contributed by atoms with Gasteiger partial charge in [0, 0.05) is 31.7 Å². The van der Waals surface area contributed by atoms with Crippen molar-refractivity contribution in [2.45, 2.75) is 25.8 Å². The van der Waals surface area contributed by atoms with Gasteiger partial charge in [0.15, 0.2) is 0 Å². The van der Waals surface area contributed by atoms with E-state index in [1.54, 1.807) is 6.20 Å². The van der Waals surface area contributed by atoms with Gasteiger partial charge < -0.3 is 14.5 Å². The van der Waals surface area contributed by atoms with Crippen LogP contribution in [0.4, 0.5) is 5.82 Å². The Morgan fingerprint density at radius 3 is 2.73 bits per heavy atom. The number of halogens is 1. The van der Waals surface area contributed by atoms with Crippen LogP contribution in [-0.2, 0) is 9.53 Å². The zero-order chi connectivity index (χ0) is 15.5. The second-order valence-electron chi connectivity index (χ2n) is 6.05. The summed E-state index contributed by atoms with van der Waals surface area (Å²) in [6, 6.07) is 3.99. The number of carbonyl (C=O) groups is 1. The highest BCUT2D eigenvalue weighted by Crippen LogP contribution is 2.25. The van der Waals surface area contributed by atoms with E-state index < -0.39 is 0 Å². The largest absolute Gasteiger partial charge is 0.377 e. The monoisotopic (exact) mass is 323 g/mol. The van der Waals surface area contributed by atoms with Crippen molar-refractivity contribution in [3.8, 4) is 0 Å². The summed E-state index contributed by atoms with van der Waals surface area (Å²) in [5.74, 6) is 1.36. The fourth-order valence-corrected chi connectivity index (χ4v) is 3.31. The molecule has 22 heavy (non-hydrogen) atoms. The molecule has 6 heteroatoms. The van der Waals surface area contributed by atoms with Gasteiger partial charge in [0.2, 0.25) is 5.91 Å². The number of morpholine rings is 1. The summed E-state index contributed by atoms with van der Waals surface area (Å²) >= 11 is 5.87. The third-order valence-corrected chi connectivity index (χ3v) is 4.75. The Hall–Kier alpha value is -1.33. The van der Waals surface area contributed by atoms with E-state index in [9.17, 15) is 4.79 Å². The van der Waals surface area contributed by atoms with Crippen molar-refractivity contribution in [3.05, 3.63) is 23.4 Å². The minimum absolute atomic E-state index is 0.129. The molecule has 2 fully saturated rings. The number of hydrogen-bond acceptors (Lipinski definition) is 4. The molecule has 0 N–H and O–H groups in total. The molecule has 1 aromatic rings. The van der Waals surface area contributed by atoms with Gasteiger partial charge in [-0.3, -0.25) is 4.79 Å². The molecule has 1 atom stereocenters. The quantitative estimate of drug-likeness (QED) is 0.837. The molecule has 2 aliphatic rings. The third kappa shape index (κ3) is 3.36. The Morgan fingerprint density at radius 2 is 2.09 bits per heavy atom. The summed E-state index contributed by atoms with van der Waals surface area (Å²) in [7, 11) is 0. The van der Waals surface area contributed by atoms with Gasteiger partial charge in [-0.1, -0.05) is 11.6 Å². The van der Waals surface area contributed by atoms with Crippen molar-refractivity contribution < 1.29 is 9.53 Å². The van der Waals surface area contributed by atoms with E-state index in [1.165, 1.54) is 0 Å². The zero-order valence-electron chi connectivity index (χ0n) is 12.9. The molecule has 0 spiro atoms. The smallest absolute Gasteiger partial charge is 0.226 e. The number of aromatic nitrogens is 1. The van der Waals surface area contributed by atoms with Gasteiger partial charge >= 0.3 is 0 Å². The van der Waals surface area contributed by atoms with Crippen LogP contribution in [0.25, 0.3) is 0 Å². The molecule has 3 heterocycles. The predicted octanol–water partition coefficient (Wildman–Crippen LogP) is 2.20. The summed E-state index contributed by atoms with van der Waals surface area (Å²) in [5.41, 5.74) is 0. The highest BCUT2D eigenvalue weighted by Gasteiger charge is 2.32. The summed E-state index contributed by atoms with van der Waals surface area (Å²) in [5, 5.41) is 0.648. The number of amides is 1. The van der Waals surface area contributed by atoms with Crippen LogP contribution in [0, 0.1) is 5.92 Å². The van der Waals surface area contributed by atoms with Crippen LogP contribution in [0.3, 0.4) is 0 Å². The van der Waals surface area contributed by atoms with Gasteiger partial charge in [-0.05, 0) is 31.9 Å². The molecule has 0 saturated carbocycles. The molecule has 2 saturated heterocycles. The van der Waals surface area contributed by atoms with Crippen LogP contribution in [0.15, 0.2) is 18.3 Å². The Balaban J connectivity index is 1.57. The molecule has 0 aliphatic carbocycles. The minimum atomic E-state index is 0.129. The molecule has 0 aromatic carbocycles. The number of ether oxygens (including phenoxy) is 1. The lowest BCUT2D eigenvalue weighted by Gasteiger charge is -2.38. The molecule has 5 nitrogen and oxygen atoms in total. The first kappa shape index (κ1) is 15.6. The fraction of sp³-hybridized carbons (Fsp3) is 0.625. The van der Waals surface area contributed by atoms with Crippen molar-refractivity contribution in [2.75, 3.05) is 37.7 Å². The summed E-state index contributed by atoms with van der Waals surface area (Å²) in [6.07, 6.45) is 3.43. The van der Waals surface area contributed by atoms with Crippen LogP contribution >= 0.6 is 11.6 Å². The van der Waals surface area contributed by atoms with Crippen LogP contribution in [0.1, 0.15) is 19.8 Å². The SMILES string of the molecule is C[C@H]1COCCN1C(=O)C1CCN(c2ccc(Cl)cn2)CC1. The van der Waals surface area contributed by atoms with Crippen molar-refractivity contribution in [1.82, 2.24) is 9.88 Å². The second-order valence-corrected chi connectivity index (χ2v) is 6.49. The molecule has 2 aliphatic heterocycles. The van der Waals surface area contributed by atoms with E-state index in [-0.39, 0.29) is 12.0 Å². The normalized spacial score (nSPS) is 23.6. The average molecular weight is 324 g/mol. The number of carbonyl (C=O) groups excluding carboxylic acids is 1. The lowest BCUT2D eigenvalue weighted by atomic mass is 9.94. The highest BCUT2D eigenvalue weighted by atomic mass is 35.5. The van der Waals surface area contributed by atoms with Gasteiger partial charge in [-0.2, -0.15) is 0 Å². The number of hydrogen-bond donors (Lipinski definition) is 0. The van der Waals surface area contributed by atoms with Crippen LogP contribution in [0.5, 0.6) is 0 Å². The molecule has 0 unspecified atom stereocenters. The van der Waals surface area contributed by atoms with Crippen molar-refractivity contribution >= 4 is 23.3 Å². The first-order valence-corrected chi connectivity index (χ1v) is 8.27. The van der Waals surface area contributed by atoms with Crippen LogP contribution in [-0.4, -0.2) is 54.7 Å². The highest BCUT2D eigenvalue weighted by molar-refractivity contribution is 6.30. The first-order valence-electron chi connectivity index (χ1n) is 7.90. The topological polar surface area (TPSA) is 45.7 Å². The van der Waals surface area contributed by atoms with Crippen molar-refractivity contribution in [1.29, 1.82) is 0 Å².